The Balaban J connectivity index is 2.29. The third-order valence-corrected chi connectivity index (χ3v) is 4.26. The van der Waals surface area contributed by atoms with Crippen LogP contribution in [-0.4, -0.2) is 12.4 Å². The average molecular weight is 290 g/mol. The minimum Gasteiger partial charge on any atom is -0.494 e. The van der Waals surface area contributed by atoms with Gasteiger partial charge in [-0.3, -0.25) is 5.41 Å². The third kappa shape index (κ3) is 5.78. The molecule has 1 atom stereocenters. The molecule has 0 aliphatic heterocycles. The molecule has 0 aliphatic carbocycles. The van der Waals surface area contributed by atoms with E-state index >= 15 is 0 Å². The quantitative estimate of drug-likeness (QED) is 0.393. The lowest BCUT2D eigenvalue weighted by molar-refractivity contribution is 0.296. The van der Waals surface area contributed by atoms with E-state index in [1.807, 2.05) is 13.8 Å². The van der Waals surface area contributed by atoms with E-state index < -0.39 is 0 Å². The van der Waals surface area contributed by atoms with Crippen LogP contribution < -0.4 is 10.5 Å². The summed E-state index contributed by atoms with van der Waals surface area (Å²) in [5, 5.41) is 7.53. The lowest BCUT2D eigenvalue weighted by Crippen LogP contribution is -2.30. The Labute approximate surface area is 129 Å². The van der Waals surface area contributed by atoms with Crippen LogP contribution in [0.4, 0.5) is 0 Å². The number of ether oxygens (including phenoxy) is 1. The molecule has 0 bridgehead atoms. The third-order valence-electron chi connectivity index (χ3n) is 4.26. The van der Waals surface area contributed by atoms with E-state index in [4.69, 9.17) is 15.9 Å². The maximum absolute atomic E-state index is 7.53. The molecule has 1 aromatic carbocycles. The molecule has 3 nitrogen and oxygen atoms in total. The molecule has 0 amide bonds. The highest BCUT2D eigenvalue weighted by Crippen LogP contribution is 2.23. The van der Waals surface area contributed by atoms with E-state index in [0.717, 1.165) is 38.0 Å². The molecular formula is C18H30N2O. The molecule has 0 aromatic heterocycles. The second-order valence-electron chi connectivity index (χ2n) is 6.48. The topological polar surface area (TPSA) is 59.1 Å². The highest BCUT2D eigenvalue weighted by Gasteiger charge is 2.20. The fourth-order valence-corrected chi connectivity index (χ4v) is 2.12. The Hall–Kier alpha value is -1.51. The van der Waals surface area contributed by atoms with Crippen molar-refractivity contribution in [2.75, 3.05) is 6.61 Å². The van der Waals surface area contributed by atoms with Crippen molar-refractivity contribution < 1.29 is 4.74 Å². The van der Waals surface area contributed by atoms with Crippen molar-refractivity contribution in [3.63, 3.8) is 0 Å². The summed E-state index contributed by atoms with van der Waals surface area (Å²) in [4.78, 5) is 0. The maximum Gasteiger partial charge on any atom is 0.119 e. The van der Waals surface area contributed by atoms with Crippen molar-refractivity contribution in [1.29, 1.82) is 5.41 Å². The van der Waals surface area contributed by atoms with Crippen LogP contribution in [0, 0.1) is 10.8 Å². The van der Waals surface area contributed by atoms with E-state index in [9.17, 15) is 0 Å². The van der Waals surface area contributed by atoms with Gasteiger partial charge in [0, 0.05) is 5.41 Å². The molecule has 118 valence electrons. The van der Waals surface area contributed by atoms with Crippen molar-refractivity contribution in [3.8, 4) is 5.75 Å². The molecular weight excluding hydrogens is 260 g/mol. The molecule has 0 aliphatic rings. The number of hydrogen-bond acceptors (Lipinski definition) is 2. The van der Waals surface area contributed by atoms with Crippen LogP contribution in [0.1, 0.15) is 64.9 Å². The monoisotopic (exact) mass is 290 g/mol. The lowest BCUT2D eigenvalue weighted by Gasteiger charge is -2.22. The van der Waals surface area contributed by atoms with Gasteiger partial charge in [-0.25, -0.2) is 0 Å². The molecule has 0 fully saturated rings. The highest BCUT2D eigenvalue weighted by molar-refractivity contribution is 5.82. The van der Waals surface area contributed by atoms with Gasteiger partial charge in [0.15, 0.2) is 0 Å². The summed E-state index contributed by atoms with van der Waals surface area (Å²) in [6.07, 6.45) is 4.10. The van der Waals surface area contributed by atoms with Gasteiger partial charge in [0.1, 0.15) is 5.75 Å². The summed E-state index contributed by atoms with van der Waals surface area (Å²) in [6, 6.07) is 8.42. The molecule has 0 saturated heterocycles. The second-order valence-corrected chi connectivity index (χ2v) is 6.48. The second kappa shape index (κ2) is 8.06. The summed E-state index contributed by atoms with van der Waals surface area (Å²) >= 11 is 0. The molecule has 1 rings (SSSR count). The van der Waals surface area contributed by atoms with Gasteiger partial charge in [0.2, 0.25) is 0 Å². The van der Waals surface area contributed by atoms with Crippen LogP contribution >= 0.6 is 0 Å². The van der Waals surface area contributed by atoms with Gasteiger partial charge < -0.3 is 10.5 Å². The number of benzene rings is 1. The minimum absolute atomic E-state index is 0.196. The molecule has 21 heavy (non-hydrogen) atoms. The molecule has 3 N–H and O–H groups in total. The zero-order valence-corrected chi connectivity index (χ0v) is 13.9. The highest BCUT2D eigenvalue weighted by atomic mass is 16.5. The van der Waals surface area contributed by atoms with E-state index in [1.165, 1.54) is 5.56 Å². The zero-order valence-electron chi connectivity index (χ0n) is 13.9. The number of unbranched alkanes of at least 4 members (excludes halogenated alkanes) is 1. The van der Waals surface area contributed by atoms with Crippen molar-refractivity contribution in [1.82, 2.24) is 0 Å². The predicted molar refractivity (Wildman–Crippen MR) is 90.2 cm³/mol. The molecule has 0 spiro atoms. The maximum atomic E-state index is 7.53. The first-order valence-electron chi connectivity index (χ1n) is 7.94. The average Bonchev–Trinajstić information content (AvgIpc) is 2.46. The van der Waals surface area contributed by atoms with Crippen LogP contribution in [0.15, 0.2) is 24.3 Å². The van der Waals surface area contributed by atoms with Gasteiger partial charge in [0.25, 0.3) is 0 Å². The molecule has 3 heteroatoms. The van der Waals surface area contributed by atoms with E-state index in [0.29, 0.717) is 5.92 Å². The largest absolute Gasteiger partial charge is 0.494 e. The molecule has 0 heterocycles. The van der Waals surface area contributed by atoms with Gasteiger partial charge >= 0.3 is 0 Å². The normalized spacial score (nSPS) is 13.0. The molecule has 1 aromatic rings. The number of rotatable bonds is 9. The Kier molecular flexibility index (Phi) is 6.73. The van der Waals surface area contributed by atoms with Crippen LogP contribution in [0.25, 0.3) is 0 Å². The molecule has 1 unspecified atom stereocenters. The fraction of sp³-hybridized carbons (Fsp3) is 0.611. The minimum atomic E-state index is -0.196. The first-order chi connectivity index (χ1) is 9.86. The first kappa shape index (κ1) is 17.5. The van der Waals surface area contributed by atoms with Crippen molar-refractivity contribution in [3.05, 3.63) is 29.8 Å². The smallest absolute Gasteiger partial charge is 0.119 e. The van der Waals surface area contributed by atoms with Crippen LogP contribution in [0.2, 0.25) is 0 Å². The van der Waals surface area contributed by atoms with E-state index in [2.05, 4.69) is 38.1 Å². The van der Waals surface area contributed by atoms with E-state index in [1.54, 1.807) is 0 Å². The van der Waals surface area contributed by atoms with Crippen molar-refractivity contribution in [2.45, 2.75) is 59.3 Å². The predicted octanol–water partition coefficient (Wildman–Crippen LogP) is 4.71. The van der Waals surface area contributed by atoms with Crippen molar-refractivity contribution >= 4 is 5.84 Å². The molecule has 0 saturated carbocycles. The fourth-order valence-electron chi connectivity index (χ4n) is 2.12. The molecule has 0 radical (unpaired) electrons. The lowest BCUT2D eigenvalue weighted by atomic mass is 9.86. The number of hydrogen-bond donors (Lipinski definition) is 2. The summed E-state index contributed by atoms with van der Waals surface area (Å²) < 4.78 is 5.76. The van der Waals surface area contributed by atoms with E-state index in [-0.39, 0.29) is 11.3 Å². The van der Waals surface area contributed by atoms with Crippen LogP contribution in [0.3, 0.4) is 0 Å². The Morgan fingerprint density at radius 2 is 1.86 bits per heavy atom. The van der Waals surface area contributed by atoms with Crippen LogP contribution in [-0.2, 0) is 0 Å². The Morgan fingerprint density at radius 1 is 1.24 bits per heavy atom. The van der Waals surface area contributed by atoms with Gasteiger partial charge in [-0.2, -0.15) is 0 Å². The number of nitrogens with two attached hydrogens (primary N) is 1. The van der Waals surface area contributed by atoms with Gasteiger partial charge in [-0.15, -0.1) is 0 Å². The van der Waals surface area contributed by atoms with Gasteiger partial charge in [-0.1, -0.05) is 39.8 Å². The Morgan fingerprint density at radius 3 is 2.38 bits per heavy atom. The van der Waals surface area contributed by atoms with Gasteiger partial charge in [0.05, 0.1) is 12.4 Å². The zero-order chi connectivity index (χ0) is 15.9. The Bertz CT molecular complexity index is 437. The summed E-state index contributed by atoms with van der Waals surface area (Å²) in [6.45, 7) is 9.20. The number of amidine groups is 1. The van der Waals surface area contributed by atoms with Crippen LogP contribution in [0.5, 0.6) is 5.75 Å². The summed E-state index contributed by atoms with van der Waals surface area (Å²) in [5.41, 5.74) is 6.75. The SMILES string of the molecule is CCC(C)c1ccc(OCCCCC(C)(C)C(=N)N)cc1. The first-order valence-corrected chi connectivity index (χ1v) is 7.94. The van der Waals surface area contributed by atoms with Gasteiger partial charge in [-0.05, 0) is 49.3 Å². The van der Waals surface area contributed by atoms with Crippen molar-refractivity contribution in [2.24, 2.45) is 11.1 Å². The summed E-state index contributed by atoms with van der Waals surface area (Å²) in [7, 11) is 0. The number of nitrogens with one attached hydrogen (secondary N) is 1. The summed E-state index contributed by atoms with van der Waals surface area (Å²) in [5.74, 6) is 1.81. The standard InChI is InChI=1S/C18H30N2O/c1-5-14(2)15-8-10-16(11-9-15)21-13-7-6-12-18(3,4)17(19)20/h8-11,14H,5-7,12-13H2,1-4H3,(H3,19,20).